The van der Waals surface area contributed by atoms with Crippen LogP contribution in [0.25, 0.3) is 5.69 Å². The number of halogens is 4. The Morgan fingerprint density at radius 2 is 1.93 bits per heavy atom. The molecule has 0 aliphatic carbocycles. The van der Waals surface area contributed by atoms with Crippen LogP contribution in [0.4, 0.5) is 17.6 Å². The Bertz CT molecular complexity index is 801. The lowest BCUT2D eigenvalue weighted by molar-refractivity contribution is -0.143. The molecule has 0 aliphatic heterocycles. The Morgan fingerprint density at radius 1 is 1.30 bits per heavy atom. The lowest BCUT2D eigenvalue weighted by Gasteiger charge is -2.22. The van der Waals surface area contributed by atoms with Gasteiger partial charge in [-0.15, -0.1) is 0 Å². The van der Waals surface area contributed by atoms with Crippen molar-refractivity contribution in [2.45, 2.75) is 32.5 Å². The van der Waals surface area contributed by atoms with Gasteiger partial charge in [-0.25, -0.2) is 9.07 Å². The van der Waals surface area contributed by atoms with Crippen molar-refractivity contribution in [3.8, 4) is 5.69 Å². The number of nitrogens with two attached hydrogens (primary N) is 1. The van der Waals surface area contributed by atoms with E-state index in [1.54, 1.807) is 0 Å². The molecule has 1 atom stereocenters. The van der Waals surface area contributed by atoms with Crippen LogP contribution >= 0.6 is 0 Å². The van der Waals surface area contributed by atoms with E-state index in [1.165, 1.54) is 24.1 Å². The number of nitrogens with zero attached hydrogens (tertiary/aromatic N) is 3. The van der Waals surface area contributed by atoms with E-state index in [-0.39, 0.29) is 24.2 Å². The maximum Gasteiger partial charge on any atom is 0.434 e. The topological polar surface area (TPSA) is 64.2 Å². The largest absolute Gasteiger partial charge is 0.434 e. The normalized spacial score (nSPS) is 13.1. The summed E-state index contributed by atoms with van der Waals surface area (Å²) in [6, 6.07) is 4.76. The molecule has 0 aliphatic rings. The van der Waals surface area contributed by atoms with Crippen LogP contribution in [0.1, 0.15) is 36.3 Å². The van der Waals surface area contributed by atoms with Gasteiger partial charge in [0.2, 0.25) is 0 Å². The molecule has 5 nitrogen and oxygen atoms in total. The molecule has 0 bridgehead atoms. The van der Waals surface area contributed by atoms with Crippen LogP contribution in [-0.2, 0) is 6.18 Å². The second-order valence-electron chi connectivity index (χ2n) is 6.69. The van der Waals surface area contributed by atoms with Crippen molar-refractivity contribution in [1.82, 2.24) is 14.7 Å². The summed E-state index contributed by atoms with van der Waals surface area (Å²) in [5.74, 6) is -1.54. The SMILES string of the molecule is CC(C)C(N)CCN(C)C(=O)c1cnn(-c2ccccc2F)c1C(F)(F)F. The van der Waals surface area contributed by atoms with Crippen LogP contribution in [0.2, 0.25) is 0 Å². The minimum atomic E-state index is -4.89. The average Bonchev–Trinajstić information content (AvgIpc) is 3.04. The summed E-state index contributed by atoms with van der Waals surface area (Å²) in [5, 5.41) is 3.63. The van der Waals surface area contributed by atoms with Gasteiger partial charge < -0.3 is 10.6 Å². The number of amides is 1. The van der Waals surface area contributed by atoms with Crippen molar-refractivity contribution in [3.05, 3.63) is 47.5 Å². The fourth-order valence-electron chi connectivity index (χ4n) is 2.57. The standard InChI is InChI=1S/C18H22F4N4O/c1-11(2)14(23)8-9-25(3)17(27)12-10-24-26(16(12)18(20,21)22)15-7-5-4-6-13(15)19/h4-7,10-11,14H,8-9,23H2,1-3H3. The third-order valence-electron chi connectivity index (χ3n) is 4.35. The van der Waals surface area contributed by atoms with Gasteiger partial charge in [0.1, 0.15) is 11.5 Å². The number of carbonyl (C=O) groups is 1. The van der Waals surface area contributed by atoms with E-state index in [4.69, 9.17) is 5.73 Å². The van der Waals surface area contributed by atoms with Gasteiger partial charge in [-0.05, 0) is 24.5 Å². The molecule has 0 spiro atoms. The molecule has 0 saturated heterocycles. The number of hydrogen-bond donors (Lipinski definition) is 1. The van der Waals surface area contributed by atoms with Crippen molar-refractivity contribution in [1.29, 1.82) is 0 Å². The molecule has 1 aromatic heterocycles. The summed E-state index contributed by atoms with van der Waals surface area (Å²) in [5.41, 5.74) is 3.60. The quantitative estimate of drug-likeness (QED) is 0.773. The van der Waals surface area contributed by atoms with Crippen LogP contribution < -0.4 is 5.73 Å². The zero-order valence-electron chi connectivity index (χ0n) is 15.3. The first kappa shape index (κ1) is 20.9. The highest BCUT2D eigenvalue weighted by Gasteiger charge is 2.41. The predicted octanol–water partition coefficient (Wildman–Crippen LogP) is 3.48. The molecular weight excluding hydrogens is 364 g/mol. The molecule has 9 heteroatoms. The van der Waals surface area contributed by atoms with Crippen molar-refractivity contribution in [2.24, 2.45) is 11.7 Å². The van der Waals surface area contributed by atoms with Crippen molar-refractivity contribution in [2.75, 3.05) is 13.6 Å². The van der Waals surface area contributed by atoms with Crippen LogP contribution in [0.15, 0.2) is 30.5 Å². The molecule has 148 valence electrons. The molecule has 2 rings (SSSR count). The summed E-state index contributed by atoms with van der Waals surface area (Å²) < 4.78 is 55.3. The summed E-state index contributed by atoms with van der Waals surface area (Å²) in [6.07, 6.45) is -3.63. The Labute approximate surface area is 154 Å². The summed E-state index contributed by atoms with van der Waals surface area (Å²) in [7, 11) is 1.40. The number of hydrogen-bond acceptors (Lipinski definition) is 3. The van der Waals surface area contributed by atoms with Gasteiger partial charge in [-0.2, -0.15) is 18.3 Å². The Balaban J connectivity index is 2.37. The Kier molecular flexibility index (Phi) is 6.25. The molecule has 27 heavy (non-hydrogen) atoms. The molecular formula is C18H22F4N4O. The van der Waals surface area contributed by atoms with E-state index in [1.807, 2.05) is 13.8 Å². The molecule has 0 saturated carbocycles. The first-order chi connectivity index (χ1) is 12.5. The van der Waals surface area contributed by atoms with Gasteiger partial charge in [0, 0.05) is 19.6 Å². The fourth-order valence-corrected chi connectivity index (χ4v) is 2.57. The number of para-hydroxylation sites is 1. The number of rotatable bonds is 6. The van der Waals surface area contributed by atoms with E-state index in [2.05, 4.69) is 5.10 Å². The third kappa shape index (κ3) is 4.65. The zero-order chi connectivity index (χ0) is 20.4. The van der Waals surface area contributed by atoms with Gasteiger partial charge in [-0.1, -0.05) is 26.0 Å². The van der Waals surface area contributed by atoms with E-state index in [9.17, 15) is 22.4 Å². The second kappa shape index (κ2) is 8.08. The van der Waals surface area contributed by atoms with Crippen molar-refractivity contribution < 1.29 is 22.4 Å². The first-order valence-electron chi connectivity index (χ1n) is 8.45. The van der Waals surface area contributed by atoms with E-state index in [0.717, 1.165) is 18.3 Å². The number of carbonyl (C=O) groups excluding carboxylic acids is 1. The molecule has 2 aromatic rings. The fraction of sp³-hybridized carbons (Fsp3) is 0.444. The highest BCUT2D eigenvalue weighted by molar-refractivity contribution is 5.95. The molecule has 1 aromatic carbocycles. The molecule has 1 amide bonds. The second-order valence-corrected chi connectivity index (χ2v) is 6.69. The minimum absolute atomic E-state index is 0.177. The van der Waals surface area contributed by atoms with Crippen molar-refractivity contribution in [3.63, 3.8) is 0 Å². The summed E-state index contributed by atoms with van der Waals surface area (Å²) in [4.78, 5) is 13.7. The Hall–Kier alpha value is -2.42. The summed E-state index contributed by atoms with van der Waals surface area (Å²) >= 11 is 0. The molecule has 2 N–H and O–H groups in total. The third-order valence-corrected chi connectivity index (χ3v) is 4.35. The number of benzene rings is 1. The lowest BCUT2D eigenvalue weighted by Crippen LogP contribution is -2.35. The van der Waals surface area contributed by atoms with Gasteiger partial charge >= 0.3 is 6.18 Å². The molecule has 0 radical (unpaired) electrons. The number of aromatic nitrogens is 2. The zero-order valence-corrected chi connectivity index (χ0v) is 15.3. The van der Waals surface area contributed by atoms with Crippen LogP contribution in [0, 0.1) is 11.7 Å². The maximum absolute atomic E-state index is 14.0. The van der Waals surface area contributed by atoms with Gasteiger partial charge in [-0.3, -0.25) is 4.79 Å². The van der Waals surface area contributed by atoms with Crippen LogP contribution in [0.5, 0.6) is 0 Å². The van der Waals surface area contributed by atoms with Gasteiger partial charge in [0.05, 0.1) is 11.8 Å². The molecule has 1 heterocycles. The highest BCUT2D eigenvalue weighted by Crippen LogP contribution is 2.34. The minimum Gasteiger partial charge on any atom is -0.342 e. The smallest absolute Gasteiger partial charge is 0.342 e. The number of alkyl halides is 3. The van der Waals surface area contributed by atoms with Crippen molar-refractivity contribution >= 4 is 5.91 Å². The van der Waals surface area contributed by atoms with Gasteiger partial charge in [0.15, 0.2) is 5.69 Å². The van der Waals surface area contributed by atoms with Gasteiger partial charge in [0.25, 0.3) is 5.91 Å². The highest BCUT2D eigenvalue weighted by atomic mass is 19.4. The van der Waals surface area contributed by atoms with E-state index >= 15 is 0 Å². The van der Waals surface area contributed by atoms with Crippen LogP contribution in [0.3, 0.4) is 0 Å². The predicted molar refractivity (Wildman–Crippen MR) is 92.9 cm³/mol. The Morgan fingerprint density at radius 3 is 2.48 bits per heavy atom. The average molecular weight is 386 g/mol. The summed E-state index contributed by atoms with van der Waals surface area (Å²) in [6.45, 7) is 4.04. The monoisotopic (exact) mass is 386 g/mol. The maximum atomic E-state index is 14.0. The lowest BCUT2D eigenvalue weighted by atomic mass is 10.0. The first-order valence-corrected chi connectivity index (χ1v) is 8.45. The molecule has 0 fully saturated rings. The molecule has 1 unspecified atom stereocenters. The van der Waals surface area contributed by atoms with E-state index < -0.39 is 29.2 Å². The van der Waals surface area contributed by atoms with E-state index in [0.29, 0.717) is 11.1 Å². The van der Waals surface area contributed by atoms with Crippen LogP contribution in [-0.4, -0.2) is 40.2 Å².